The largest absolute Gasteiger partial charge is 0.370 e. The second-order valence-electron chi connectivity index (χ2n) is 7.39. The number of aromatic nitrogens is 4. The van der Waals surface area contributed by atoms with Crippen LogP contribution in [0.1, 0.15) is 25.7 Å². The van der Waals surface area contributed by atoms with E-state index in [0.717, 1.165) is 35.8 Å². The topological polar surface area (TPSA) is 81.8 Å². The van der Waals surface area contributed by atoms with Gasteiger partial charge in [-0.1, -0.05) is 12.8 Å². The van der Waals surface area contributed by atoms with Crippen LogP contribution in [0.4, 0.5) is 23.1 Å². The fourth-order valence-electron chi connectivity index (χ4n) is 3.96. The lowest BCUT2D eigenvalue weighted by atomic mass is 10.2. The molecule has 5 rings (SSSR count). The lowest BCUT2D eigenvalue weighted by Crippen LogP contribution is -2.32. The molecular weight excluding hydrogens is 370 g/mol. The summed E-state index contributed by atoms with van der Waals surface area (Å²) in [4.78, 5) is 19.2. The molecule has 2 fully saturated rings. The van der Waals surface area contributed by atoms with Crippen LogP contribution in [0.15, 0.2) is 30.6 Å². The number of nitrogens with one attached hydrogen (secondary N) is 3. The molecule has 3 aromatic rings. The summed E-state index contributed by atoms with van der Waals surface area (Å²) in [5, 5.41) is 6.91. The van der Waals surface area contributed by atoms with E-state index in [1.807, 2.05) is 11.8 Å². The molecule has 1 aliphatic heterocycles. The van der Waals surface area contributed by atoms with E-state index in [0.29, 0.717) is 12.0 Å². The van der Waals surface area contributed by atoms with Crippen molar-refractivity contribution in [2.45, 2.75) is 31.7 Å². The highest BCUT2D eigenvalue weighted by atomic mass is 32.2. The summed E-state index contributed by atoms with van der Waals surface area (Å²) in [6.07, 6.45) is 6.61. The SMILES string of the molecule is c1nc2c(NC3CCCC3)nc(Nc3ccc(N4CCSCC4)cc3)nc2[nH]1. The van der Waals surface area contributed by atoms with Gasteiger partial charge >= 0.3 is 0 Å². The van der Waals surface area contributed by atoms with E-state index >= 15 is 0 Å². The maximum Gasteiger partial charge on any atom is 0.231 e. The van der Waals surface area contributed by atoms with Crippen molar-refractivity contribution >= 4 is 46.1 Å². The van der Waals surface area contributed by atoms with Gasteiger partial charge in [-0.15, -0.1) is 0 Å². The van der Waals surface area contributed by atoms with Crippen LogP contribution in [0, 0.1) is 0 Å². The normalized spacial score (nSPS) is 17.9. The minimum atomic E-state index is 0.477. The molecule has 0 radical (unpaired) electrons. The zero-order valence-corrected chi connectivity index (χ0v) is 16.6. The zero-order valence-electron chi connectivity index (χ0n) is 15.8. The number of anilines is 4. The van der Waals surface area contributed by atoms with Crippen molar-refractivity contribution in [1.82, 2.24) is 19.9 Å². The lowest BCUT2D eigenvalue weighted by molar-refractivity contribution is 0.751. The first-order valence-corrected chi connectivity index (χ1v) is 11.2. The zero-order chi connectivity index (χ0) is 18.8. The number of benzene rings is 1. The van der Waals surface area contributed by atoms with Crippen LogP contribution in [0.5, 0.6) is 0 Å². The molecule has 0 spiro atoms. The number of rotatable bonds is 5. The first-order chi connectivity index (χ1) is 13.8. The highest BCUT2D eigenvalue weighted by Crippen LogP contribution is 2.27. The average molecular weight is 396 g/mol. The van der Waals surface area contributed by atoms with Crippen molar-refractivity contribution in [2.24, 2.45) is 0 Å². The summed E-state index contributed by atoms with van der Waals surface area (Å²) in [6, 6.07) is 9.02. The van der Waals surface area contributed by atoms with Gasteiger partial charge in [0, 0.05) is 42.0 Å². The molecular formula is C20H25N7S. The van der Waals surface area contributed by atoms with Crippen LogP contribution >= 0.6 is 11.8 Å². The number of aromatic amines is 1. The highest BCUT2D eigenvalue weighted by Gasteiger charge is 2.18. The van der Waals surface area contributed by atoms with E-state index in [-0.39, 0.29) is 0 Å². The third-order valence-corrected chi connectivity index (χ3v) is 6.42. The molecule has 0 atom stereocenters. The summed E-state index contributed by atoms with van der Waals surface area (Å²) in [7, 11) is 0. The molecule has 1 saturated carbocycles. The van der Waals surface area contributed by atoms with E-state index in [1.165, 1.54) is 42.9 Å². The Morgan fingerprint density at radius 1 is 1.04 bits per heavy atom. The molecule has 7 nitrogen and oxygen atoms in total. The minimum Gasteiger partial charge on any atom is -0.370 e. The molecule has 0 bridgehead atoms. The molecule has 1 aromatic carbocycles. The fraction of sp³-hybridized carbons (Fsp3) is 0.450. The van der Waals surface area contributed by atoms with Crippen LogP contribution in [0.25, 0.3) is 11.2 Å². The summed E-state index contributed by atoms with van der Waals surface area (Å²) in [6.45, 7) is 2.24. The molecule has 8 heteroatoms. The van der Waals surface area contributed by atoms with Gasteiger partial charge in [-0.05, 0) is 37.1 Å². The number of nitrogens with zero attached hydrogens (tertiary/aromatic N) is 4. The van der Waals surface area contributed by atoms with Crippen LogP contribution in [0.3, 0.4) is 0 Å². The molecule has 2 aromatic heterocycles. The predicted molar refractivity (Wildman–Crippen MR) is 117 cm³/mol. The predicted octanol–water partition coefficient (Wildman–Crippen LogP) is 4.00. The Morgan fingerprint density at radius 2 is 1.82 bits per heavy atom. The Bertz CT molecular complexity index is 927. The molecule has 1 aliphatic carbocycles. The summed E-state index contributed by atoms with van der Waals surface area (Å²) in [5.74, 6) is 3.80. The maximum atomic E-state index is 4.72. The van der Waals surface area contributed by atoms with Crippen LogP contribution in [0.2, 0.25) is 0 Å². The van der Waals surface area contributed by atoms with Crippen LogP contribution in [-0.2, 0) is 0 Å². The minimum absolute atomic E-state index is 0.477. The Balaban J connectivity index is 1.35. The second kappa shape index (κ2) is 7.87. The van der Waals surface area contributed by atoms with Gasteiger partial charge in [0.2, 0.25) is 5.95 Å². The van der Waals surface area contributed by atoms with Crippen molar-refractivity contribution in [2.75, 3.05) is 40.1 Å². The van der Waals surface area contributed by atoms with Gasteiger partial charge in [0.25, 0.3) is 0 Å². The first-order valence-electron chi connectivity index (χ1n) is 10.0. The van der Waals surface area contributed by atoms with E-state index in [9.17, 15) is 0 Å². The molecule has 0 unspecified atom stereocenters. The molecule has 146 valence electrons. The number of hydrogen-bond acceptors (Lipinski definition) is 7. The average Bonchev–Trinajstić information content (AvgIpc) is 3.41. The monoisotopic (exact) mass is 395 g/mol. The number of imidazole rings is 1. The van der Waals surface area contributed by atoms with E-state index < -0.39 is 0 Å². The van der Waals surface area contributed by atoms with E-state index in [1.54, 1.807) is 6.33 Å². The van der Waals surface area contributed by atoms with Crippen molar-refractivity contribution in [3.63, 3.8) is 0 Å². The molecule has 3 heterocycles. The quantitative estimate of drug-likeness (QED) is 0.602. The summed E-state index contributed by atoms with van der Waals surface area (Å²) in [5.41, 5.74) is 3.82. The smallest absolute Gasteiger partial charge is 0.231 e. The molecule has 1 saturated heterocycles. The van der Waals surface area contributed by atoms with Crippen molar-refractivity contribution < 1.29 is 0 Å². The van der Waals surface area contributed by atoms with E-state index in [2.05, 4.69) is 54.8 Å². The molecule has 2 aliphatic rings. The Kier molecular flexibility index (Phi) is 4.95. The van der Waals surface area contributed by atoms with Gasteiger partial charge in [0.1, 0.15) is 5.52 Å². The Labute approximate surface area is 168 Å². The third-order valence-electron chi connectivity index (χ3n) is 5.47. The van der Waals surface area contributed by atoms with Gasteiger partial charge in [-0.25, -0.2) is 4.98 Å². The molecule has 3 N–H and O–H groups in total. The fourth-order valence-corrected chi connectivity index (χ4v) is 4.87. The Hall–Kier alpha value is -2.48. The number of thioether (sulfide) groups is 1. The molecule has 28 heavy (non-hydrogen) atoms. The lowest BCUT2D eigenvalue weighted by Gasteiger charge is -2.28. The van der Waals surface area contributed by atoms with Crippen LogP contribution < -0.4 is 15.5 Å². The number of H-pyrrole nitrogens is 1. The number of fused-ring (bicyclic) bond motifs is 1. The van der Waals surface area contributed by atoms with Crippen molar-refractivity contribution in [3.05, 3.63) is 30.6 Å². The van der Waals surface area contributed by atoms with Crippen molar-refractivity contribution in [1.29, 1.82) is 0 Å². The maximum absolute atomic E-state index is 4.72. The molecule has 0 amide bonds. The van der Waals surface area contributed by atoms with Crippen LogP contribution in [-0.4, -0.2) is 50.6 Å². The van der Waals surface area contributed by atoms with Gasteiger partial charge in [0.15, 0.2) is 11.5 Å². The highest BCUT2D eigenvalue weighted by molar-refractivity contribution is 7.99. The van der Waals surface area contributed by atoms with Gasteiger partial charge < -0.3 is 20.5 Å². The summed E-state index contributed by atoms with van der Waals surface area (Å²) >= 11 is 2.03. The standard InChI is InChI=1S/C20H25N7S/c1-2-4-14(3-1)23-19-17-18(22-13-21-17)25-20(26-19)24-15-5-7-16(8-6-15)27-9-11-28-12-10-27/h5-8,13-14H,1-4,9-12H2,(H3,21,22,23,24,25,26). The van der Waals surface area contributed by atoms with Crippen molar-refractivity contribution in [3.8, 4) is 0 Å². The number of hydrogen-bond donors (Lipinski definition) is 3. The van der Waals surface area contributed by atoms with Gasteiger partial charge in [-0.2, -0.15) is 21.7 Å². The Morgan fingerprint density at radius 3 is 2.61 bits per heavy atom. The second-order valence-corrected chi connectivity index (χ2v) is 8.62. The summed E-state index contributed by atoms with van der Waals surface area (Å²) < 4.78 is 0. The van der Waals surface area contributed by atoms with Gasteiger partial charge in [0.05, 0.1) is 6.33 Å². The van der Waals surface area contributed by atoms with E-state index in [4.69, 9.17) is 4.98 Å². The third kappa shape index (κ3) is 3.73. The van der Waals surface area contributed by atoms with Gasteiger partial charge in [-0.3, -0.25) is 0 Å². The first kappa shape index (κ1) is 17.6.